The molecule has 2 saturated heterocycles. The molecule has 1 unspecified atom stereocenters. The molecule has 2 nitrogen and oxygen atoms in total. The zero-order valence-electron chi connectivity index (χ0n) is 11.1. The number of hydrogen-bond donors (Lipinski definition) is 0. The van der Waals surface area contributed by atoms with E-state index in [0.717, 1.165) is 11.8 Å². The van der Waals surface area contributed by atoms with Crippen molar-refractivity contribution in [1.29, 1.82) is 0 Å². The summed E-state index contributed by atoms with van der Waals surface area (Å²) in [6.07, 6.45) is 5.73. The van der Waals surface area contributed by atoms with Crippen molar-refractivity contribution >= 4 is 0 Å². The molecule has 94 valence electrons. The maximum atomic E-state index is 2.72. The largest absolute Gasteiger partial charge is 0.304 e. The highest BCUT2D eigenvalue weighted by Crippen LogP contribution is 2.21. The molecule has 1 atom stereocenters. The van der Waals surface area contributed by atoms with E-state index in [1.165, 1.54) is 65.0 Å². The fraction of sp³-hybridized carbons (Fsp3) is 1.00. The van der Waals surface area contributed by atoms with Crippen molar-refractivity contribution in [3.05, 3.63) is 0 Å². The number of piperidine rings is 2. The van der Waals surface area contributed by atoms with Crippen LogP contribution in [-0.2, 0) is 0 Å². The predicted octanol–water partition coefficient (Wildman–Crippen LogP) is 2.45. The minimum atomic E-state index is 0.935. The normalized spacial score (nSPS) is 30.8. The lowest BCUT2D eigenvalue weighted by Crippen LogP contribution is -2.41. The maximum absolute atomic E-state index is 2.72. The zero-order valence-corrected chi connectivity index (χ0v) is 11.1. The Bertz CT molecular complexity index is 197. The molecule has 2 aliphatic heterocycles. The van der Waals surface area contributed by atoms with Gasteiger partial charge in [-0.2, -0.15) is 0 Å². The Kier molecular flexibility index (Phi) is 4.66. The molecule has 0 N–H and O–H groups in total. The highest BCUT2D eigenvalue weighted by atomic mass is 15.1. The van der Waals surface area contributed by atoms with Gasteiger partial charge in [-0.3, -0.25) is 0 Å². The van der Waals surface area contributed by atoms with Crippen LogP contribution in [-0.4, -0.2) is 49.1 Å². The van der Waals surface area contributed by atoms with Crippen molar-refractivity contribution < 1.29 is 0 Å². The molecule has 16 heavy (non-hydrogen) atoms. The molecule has 0 saturated carbocycles. The Balaban J connectivity index is 1.69. The van der Waals surface area contributed by atoms with Gasteiger partial charge in [-0.05, 0) is 63.7 Å². The quantitative estimate of drug-likeness (QED) is 0.726. The number of nitrogens with zero attached hydrogens (tertiary/aromatic N) is 2. The smallest absolute Gasteiger partial charge is 0.00107 e. The van der Waals surface area contributed by atoms with Crippen LogP contribution in [0.5, 0.6) is 0 Å². The summed E-state index contributed by atoms with van der Waals surface area (Å²) in [6.45, 7) is 12.7. The van der Waals surface area contributed by atoms with E-state index in [1.54, 1.807) is 0 Å². The minimum Gasteiger partial charge on any atom is -0.304 e. The molecule has 2 heterocycles. The van der Waals surface area contributed by atoms with Gasteiger partial charge >= 0.3 is 0 Å². The first-order valence-corrected chi connectivity index (χ1v) is 7.22. The second-order valence-corrected chi connectivity index (χ2v) is 5.88. The Morgan fingerprint density at radius 1 is 1.00 bits per heavy atom. The summed E-state index contributed by atoms with van der Waals surface area (Å²) in [7, 11) is 0. The molecule has 0 bridgehead atoms. The van der Waals surface area contributed by atoms with Gasteiger partial charge in [0, 0.05) is 13.1 Å². The standard InChI is InChI=1S/C14H28N2/c1-3-15-9-6-14(7-10-15)12-16-8-4-5-13(2)11-16/h13-14H,3-12H2,1-2H3. The van der Waals surface area contributed by atoms with Crippen molar-refractivity contribution in [2.45, 2.75) is 39.5 Å². The third-order valence-corrected chi connectivity index (χ3v) is 4.41. The number of likely N-dealkylation sites (tertiary alicyclic amines) is 2. The highest BCUT2D eigenvalue weighted by molar-refractivity contribution is 4.77. The molecule has 2 fully saturated rings. The van der Waals surface area contributed by atoms with Gasteiger partial charge < -0.3 is 9.80 Å². The van der Waals surface area contributed by atoms with Crippen LogP contribution in [0.25, 0.3) is 0 Å². The van der Waals surface area contributed by atoms with Crippen LogP contribution in [0.4, 0.5) is 0 Å². The molecule has 2 aliphatic rings. The fourth-order valence-electron chi connectivity index (χ4n) is 3.30. The molecule has 0 aliphatic carbocycles. The average molecular weight is 224 g/mol. The third kappa shape index (κ3) is 3.46. The summed E-state index contributed by atoms with van der Waals surface area (Å²) in [5.74, 6) is 1.91. The number of rotatable bonds is 3. The third-order valence-electron chi connectivity index (χ3n) is 4.41. The van der Waals surface area contributed by atoms with Crippen LogP contribution < -0.4 is 0 Å². The second-order valence-electron chi connectivity index (χ2n) is 5.88. The average Bonchev–Trinajstić information content (AvgIpc) is 2.30. The molecule has 0 aromatic heterocycles. The van der Waals surface area contributed by atoms with E-state index < -0.39 is 0 Å². The van der Waals surface area contributed by atoms with E-state index in [4.69, 9.17) is 0 Å². The Morgan fingerprint density at radius 2 is 1.75 bits per heavy atom. The van der Waals surface area contributed by atoms with Gasteiger partial charge in [-0.15, -0.1) is 0 Å². The van der Waals surface area contributed by atoms with Crippen molar-refractivity contribution in [3.8, 4) is 0 Å². The Labute approximate surface area is 101 Å². The molecule has 2 heteroatoms. The lowest BCUT2D eigenvalue weighted by molar-refractivity contribution is 0.118. The molecule has 0 radical (unpaired) electrons. The first kappa shape index (κ1) is 12.4. The monoisotopic (exact) mass is 224 g/mol. The summed E-state index contributed by atoms with van der Waals surface area (Å²) in [6, 6.07) is 0. The first-order valence-electron chi connectivity index (χ1n) is 7.22. The van der Waals surface area contributed by atoms with Crippen molar-refractivity contribution in [3.63, 3.8) is 0 Å². The molecule has 0 aromatic rings. The molecule has 0 aromatic carbocycles. The lowest BCUT2D eigenvalue weighted by atomic mass is 9.93. The summed E-state index contributed by atoms with van der Waals surface area (Å²) in [4.78, 5) is 5.32. The van der Waals surface area contributed by atoms with Crippen LogP contribution in [0.3, 0.4) is 0 Å². The molecular formula is C14H28N2. The Hall–Kier alpha value is -0.0800. The SMILES string of the molecule is CCN1CCC(CN2CCCC(C)C2)CC1. The van der Waals surface area contributed by atoms with Crippen molar-refractivity contribution in [1.82, 2.24) is 9.80 Å². The maximum Gasteiger partial charge on any atom is 0.00107 e. The van der Waals surface area contributed by atoms with Gasteiger partial charge in [-0.1, -0.05) is 13.8 Å². The molecule has 2 rings (SSSR count). The van der Waals surface area contributed by atoms with Crippen LogP contribution in [0.1, 0.15) is 39.5 Å². The minimum absolute atomic E-state index is 0.935. The van der Waals surface area contributed by atoms with Gasteiger partial charge in [0.1, 0.15) is 0 Å². The van der Waals surface area contributed by atoms with Gasteiger partial charge in [0.15, 0.2) is 0 Å². The summed E-state index contributed by atoms with van der Waals surface area (Å²) in [5, 5.41) is 0. The van der Waals surface area contributed by atoms with Crippen LogP contribution in [0.15, 0.2) is 0 Å². The second kappa shape index (κ2) is 6.02. The molecular weight excluding hydrogens is 196 g/mol. The van der Waals surface area contributed by atoms with Crippen molar-refractivity contribution in [2.24, 2.45) is 11.8 Å². The van der Waals surface area contributed by atoms with Crippen LogP contribution in [0, 0.1) is 11.8 Å². The van der Waals surface area contributed by atoms with E-state index in [2.05, 4.69) is 23.6 Å². The summed E-state index contributed by atoms with van der Waals surface area (Å²) >= 11 is 0. The number of hydrogen-bond acceptors (Lipinski definition) is 2. The fourth-order valence-corrected chi connectivity index (χ4v) is 3.30. The topological polar surface area (TPSA) is 6.48 Å². The lowest BCUT2D eigenvalue weighted by Gasteiger charge is -2.37. The summed E-state index contributed by atoms with van der Waals surface area (Å²) in [5.41, 5.74) is 0. The van der Waals surface area contributed by atoms with E-state index in [9.17, 15) is 0 Å². The van der Waals surface area contributed by atoms with Crippen LogP contribution >= 0.6 is 0 Å². The van der Waals surface area contributed by atoms with E-state index in [0.29, 0.717) is 0 Å². The summed E-state index contributed by atoms with van der Waals surface area (Å²) < 4.78 is 0. The predicted molar refractivity (Wildman–Crippen MR) is 69.7 cm³/mol. The first-order chi connectivity index (χ1) is 7.78. The van der Waals surface area contributed by atoms with Gasteiger partial charge in [-0.25, -0.2) is 0 Å². The molecule has 0 spiro atoms. The zero-order chi connectivity index (χ0) is 11.4. The molecule has 0 amide bonds. The highest BCUT2D eigenvalue weighted by Gasteiger charge is 2.23. The van der Waals surface area contributed by atoms with Gasteiger partial charge in [0.25, 0.3) is 0 Å². The van der Waals surface area contributed by atoms with Crippen LogP contribution in [0.2, 0.25) is 0 Å². The van der Waals surface area contributed by atoms with Gasteiger partial charge in [0.2, 0.25) is 0 Å². The van der Waals surface area contributed by atoms with Crippen molar-refractivity contribution in [2.75, 3.05) is 39.3 Å². The van der Waals surface area contributed by atoms with E-state index >= 15 is 0 Å². The Morgan fingerprint density at radius 3 is 2.38 bits per heavy atom. The van der Waals surface area contributed by atoms with E-state index in [1.807, 2.05) is 0 Å². The van der Waals surface area contributed by atoms with E-state index in [-0.39, 0.29) is 0 Å². The van der Waals surface area contributed by atoms with Gasteiger partial charge in [0.05, 0.1) is 0 Å².